The molecule has 7 heteroatoms. The second kappa shape index (κ2) is 9.80. The molecule has 6 nitrogen and oxygen atoms in total. The Hall–Kier alpha value is -1.25. The fraction of sp³-hybridized carbons (Fsp3) is 0.700. The van der Waals surface area contributed by atoms with E-state index in [1.54, 1.807) is 6.26 Å². The number of hydrogen-bond acceptors (Lipinski definition) is 3. The maximum atomic E-state index is 11.7. The summed E-state index contributed by atoms with van der Waals surface area (Å²) in [7, 11) is 0. The monoisotopic (exact) mass is 486 g/mol. The van der Waals surface area contributed by atoms with Crippen molar-refractivity contribution in [1.82, 2.24) is 16.0 Å². The highest BCUT2D eigenvalue weighted by Gasteiger charge is 2.39. The zero-order valence-corrected chi connectivity index (χ0v) is 18.1. The summed E-state index contributed by atoms with van der Waals surface area (Å²) in [5.41, 5.74) is 0. The van der Waals surface area contributed by atoms with Crippen LogP contribution >= 0.6 is 24.0 Å². The van der Waals surface area contributed by atoms with E-state index in [2.05, 4.69) is 16.0 Å². The summed E-state index contributed by atoms with van der Waals surface area (Å²) in [6.45, 7) is 2.04. The van der Waals surface area contributed by atoms with Gasteiger partial charge in [-0.15, -0.1) is 24.0 Å². The quantitative estimate of drug-likeness (QED) is 0.229. The molecule has 150 valence electrons. The van der Waals surface area contributed by atoms with Crippen molar-refractivity contribution >= 4 is 35.8 Å². The lowest BCUT2D eigenvalue weighted by molar-refractivity contribution is -0.122. The molecule has 27 heavy (non-hydrogen) atoms. The highest BCUT2D eigenvalue weighted by Crippen LogP contribution is 2.44. The van der Waals surface area contributed by atoms with E-state index in [0.717, 1.165) is 42.8 Å². The van der Waals surface area contributed by atoms with Gasteiger partial charge in [0.25, 0.3) is 0 Å². The van der Waals surface area contributed by atoms with Gasteiger partial charge in [-0.25, -0.2) is 0 Å². The number of guanidine groups is 1. The maximum absolute atomic E-state index is 11.7. The highest BCUT2D eigenvalue weighted by atomic mass is 127. The molecular weight excluding hydrogens is 455 g/mol. The van der Waals surface area contributed by atoms with Crippen molar-refractivity contribution in [2.75, 3.05) is 19.6 Å². The second-order valence-electron chi connectivity index (χ2n) is 7.98. The fourth-order valence-corrected chi connectivity index (χ4v) is 4.34. The lowest BCUT2D eigenvalue weighted by atomic mass is 9.95. The number of aliphatic imine (C=N–C) groups is 1. The van der Waals surface area contributed by atoms with E-state index in [-0.39, 0.29) is 35.8 Å². The van der Waals surface area contributed by atoms with E-state index in [4.69, 9.17) is 9.41 Å². The Balaban J connectivity index is 0.00000210. The predicted octanol–water partition coefficient (Wildman–Crippen LogP) is 2.69. The first-order valence-electron chi connectivity index (χ1n) is 10.1. The fourth-order valence-electron chi connectivity index (χ4n) is 4.34. The van der Waals surface area contributed by atoms with Crippen LogP contribution in [-0.4, -0.2) is 37.5 Å². The highest BCUT2D eigenvalue weighted by molar-refractivity contribution is 14.0. The molecule has 0 spiro atoms. The van der Waals surface area contributed by atoms with Crippen molar-refractivity contribution in [3.8, 4) is 0 Å². The van der Waals surface area contributed by atoms with Crippen molar-refractivity contribution in [1.29, 1.82) is 0 Å². The molecule has 0 saturated heterocycles. The molecule has 0 aliphatic heterocycles. The Morgan fingerprint density at radius 3 is 2.67 bits per heavy atom. The van der Waals surface area contributed by atoms with Crippen LogP contribution in [0.2, 0.25) is 0 Å². The number of furan rings is 1. The predicted molar refractivity (Wildman–Crippen MR) is 116 cm³/mol. The standard InChI is InChI=1S/C20H30N4O2.HI/c25-19(15-5-6-15)21-9-10-23-20(22-8-7-17-2-1-11-26-17)24-18-13-14-3-4-16(18)12-14;/h1-2,11,14-16,18H,3-10,12-13H2,(H,21,25)(H2,22,23,24);1H. The van der Waals surface area contributed by atoms with Crippen molar-refractivity contribution < 1.29 is 9.21 Å². The summed E-state index contributed by atoms with van der Waals surface area (Å²) in [6, 6.07) is 4.44. The summed E-state index contributed by atoms with van der Waals surface area (Å²) < 4.78 is 5.38. The first-order chi connectivity index (χ1) is 12.8. The van der Waals surface area contributed by atoms with Gasteiger partial charge in [-0.05, 0) is 56.1 Å². The van der Waals surface area contributed by atoms with Crippen LogP contribution in [0.4, 0.5) is 0 Å². The van der Waals surface area contributed by atoms with E-state index in [1.807, 2.05) is 12.1 Å². The van der Waals surface area contributed by atoms with Crippen molar-refractivity contribution in [3.63, 3.8) is 0 Å². The molecule has 4 rings (SSSR count). The molecular formula is C20H31IN4O2. The normalized spacial score (nSPS) is 26.5. The second-order valence-corrected chi connectivity index (χ2v) is 7.98. The van der Waals surface area contributed by atoms with Gasteiger partial charge >= 0.3 is 0 Å². The molecule has 3 atom stereocenters. The summed E-state index contributed by atoms with van der Waals surface area (Å²) in [4.78, 5) is 16.5. The molecule has 3 N–H and O–H groups in total. The number of amides is 1. The first kappa shape index (κ1) is 20.5. The van der Waals surface area contributed by atoms with Gasteiger partial charge in [-0.3, -0.25) is 9.79 Å². The van der Waals surface area contributed by atoms with Crippen LogP contribution in [0.3, 0.4) is 0 Å². The summed E-state index contributed by atoms with van der Waals surface area (Å²) in [5, 5.41) is 10.0. The summed E-state index contributed by atoms with van der Waals surface area (Å²) in [6.07, 6.45) is 9.98. The molecule has 2 bridgehead atoms. The van der Waals surface area contributed by atoms with E-state index < -0.39 is 0 Å². The van der Waals surface area contributed by atoms with Crippen molar-refractivity contribution in [3.05, 3.63) is 24.2 Å². The van der Waals surface area contributed by atoms with Gasteiger partial charge < -0.3 is 20.4 Å². The van der Waals surface area contributed by atoms with E-state index in [0.29, 0.717) is 25.7 Å². The molecule has 0 aromatic carbocycles. The number of hydrogen-bond donors (Lipinski definition) is 3. The number of carbonyl (C=O) groups is 1. The van der Waals surface area contributed by atoms with Crippen molar-refractivity contribution in [2.45, 2.75) is 51.0 Å². The lowest BCUT2D eigenvalue weighted by Crippen LogP contribution is -2.47. The third-order valence-electron chi connectivity index (χ3n) is 5.93. The van der Waals surface area contributed by atoms with Gasteiger partial charge in [0.05, 0.1) is 6.26 Å². The minimum atomic E-state index is 0. The van der Waals surface area contributed by atoms with Gasteiger partial charge in [0.2, 0.25) is 5.91 Å². The van der Waals surface area contributed by atoms with Gasteiger partial charge in [-0.2, -0.15) is 0 Å². The van der Waals surface area contributed by atoms with Crippen molar-refractivity contribution in [2.24, 2.45) is 22.7 Å². The third-order valence-corrected chi connectivity index (χ3v) is 5.93. The molecule has 1 aromatic rings. The van der Waals surface area contributed by atoms with Crippen LogP contribution in [-0.2, 0) is 11.2 Å². The van der Waals surface area contributed by atoms with E-state index in [9.17, 15) is 4.79 Å². The average molecular weight is 486 g/mol. The van der Waals surface area contributed by atoms with Crippen LogP contribution in [0.5, 0.6) is 0 Å². The van der Waals surface area contributed by atoms with E-state index in [1.165, 1.54) is 25.7 Å². The largest absolute Gasteiger partial charge is 0.469 e. The Morgan fingerprint density at radius 2 is 2.00 bits per heavy atom. The van der Waals surface area contributed by atoms with Crippen LogP contribution in [0, 0.1) is 17.8 Å². The minimum Gasteiger partial charge on any atom is -0.469 e. The van der Waals surface area contributed by atoms with Crippen LogP contribution in [0.25, 0.3) is 0 Å². The summed E-state index contributed by atoms with van der Waals surface area (Å²) in [5.74, 6) is 4.00. The molecule has 0 radical (unpaired) electrons. The smallest absolute Gasteiger partial charge is 0.223 e. The van der Waals surface area contributed by atoms with Crippen LogP contribution in [0.15, 0.2) is 27.8 Å². The van der Waals surface area contributed by atoms with Gasteiger partial charge in [0.1, 0.15) is 5.76 Å². The van der Waals surface area contributed by atoms with Gasteiger partial charge in [0, 0.05) is 38.0 Å². The van der Waals surface area contributed by atoms with Gasteiger partial charge in [-0.1, -0.05) is 6.42 Å². The third kappa shape index (κ3) is 5.86. The molecule has 3 saturated carbocycles. The number of carbonyl (C=O) groups excluding carboxylic acids is 1. The number of nitrogens with one attached hydrogen (secondary N) is 3. The lowest BCUT2D eigenvalue weighted by Gasteiger charge is -2.25. The Bertz CT molecular complexity index is 630. The Kier molecular flexibility index (Phi) is 7.43. The molecule has 3 aliphatic rings. The summed E-state index contributed by atoms with van der Waals surface area (Å²) >= 11 is 0. The molecule has 1 amide bonds. The number of halogens is 1. The zero-order valence-electron chi connectivity index (χ0n) is 15.8. The minimum absolute atomic E-state index is 0. The Morgan fingerprint density at radius 1 is 1.15 bits per heavy atom. The molecule has 3 unspecified atom stereocenters. The molecule has 1 heterocycles. The maximum Gasteiger partial charge on any atom is 0.223 e. The average Bonchev–Trinajstić information content (AvgIpc) is 3.04. The Labute approximate surface area is 178 Å². The SMILES string of the molecule is I.O=C(NCCNC(=NCCc1ccco1)NC1CC2CCC1C2)C1CC1. The van der Waals surface area contributed by atoms with Crippen LogP contribution in [0.1, 0.15) is 44.3 Å². The van der Waals surface area contributed by atoms with Gasteiger partial charge in [0.15, 0.2) is 5.96 Å². The molecule has 3 aliphatic carbocycles. The number of nitrogens with zero attached hydrogens (tertiary/aromatic N) is 1. The zero-order chi connectivity index (χ0) is 17.8. The van der Waals surface area contributed by atoms with Crippen LogP contribution < -0.4 is 16.0 Å². The van der Waals surface area contributed by atoms with E-state index >= 15 is 0 Å². The topological polar surface area (TPSA) is 78.7 Å². The number of rotatable bonds is 8. The molecule has 1 aromatic heterocycles. The molecule has 3 fully saturated rings. The first-order valence-corrected chi connectivity index (χ1v) is 10.1. The number of fused-ring (bicyclic) bond motifs is 2.